The molecular formula is C14H23N3O3S. The first kappa shape index (κ1) is 16.2. The number of aromatic nitrogens is 1. The maximum atomic E-state index is 11.6. The Morgan fingerprint density at radius 1 is 1.52 bits per heavy atom. The number of nitrogens with one attached hydrogen (secondary N) is 1. The van der Waals surface area contributed by atoms with Crippen LogP contribution in [0.5, 0.6) is 5.88 Å². The normalized spacial score (nSPS) is 20.4. The van der Waals surface area contributed by atoms with Crippen LogP contribution in [0.25, 0.3) is 0 Å². The largest absolute Gasteiger partial charge is 0.481 e. The molecule has 0 bridgehead atoms. The number of rotatable bonds is 6. The van der Waals surface area contributed by atoms with Gasteiger partial charge in [0.1, 0.15) is 0 Å². The second-order valence-electron chi connectivity index (χ2n) is 5.43. The molecule has 0 amide bonds. The predicted octanol–water partition coefficient (Wildman–Crippen LogP) is 0.851. The number of hydrogen-bond acceptors (Lipinski definition) is 5. The van der Waals surface area contributed by atoms with Crippen molar-refractivity contribution < 1.29 is 13.2 Å². The van der Waals surface area contributed by atoms with E-state index in [-0.39, 0.29) is 0 Å². The smallest absolute Gasteiger partial charge is 0.217 e. The van der Waals surface area contributed by atoms with E-state index in [1.807, 2.05) is 12.1 Å². The van der Waals surface area contributed by atoms with Crippen LogP contribution in [0.2, 0.25) is 0 Å². The molecule has 0 radical (unpaired) electrons. The molecule has 1 aliphatic rings. The minimum atomic E-state index is -3.07. The molecule has 1 aliphatic heterocycles. The fourth-order valence-electron chi connectivity index (χ4n) is 2.65. The Labute approximate surface area is 126 Å². The fraction of sp³-hybridized carbons (Fsp3) is 0.643. The maximum absolute atomic E-state index is 11.6. The van der Waals surface area contributed by atoms with Crippen molar-refractivity contribution in [2.45, 2.75) is 19.4 Å². The second kappa shape index (κ2) is 7.20. The van der Waals surface area contributed by atoms with Gasteiger partial charge in [-0.3, -0.25) is 0 Å². The van der Waals surface area contributed by atoms with E-state index in [1.165, 1.54) is 6.26 Å². The Hall–Kier alpha value is -1.18. The number of methoxy groups -OCH3 is 1. The average Bonchev–Trinajstić information content (AvgIpc) is 2.47. The number of piperidine rings is 1. The molecule has 1 atom stereocenters. The molecule has 1 N–H and O–H groups in total. The monoisotopic (exact) mass is 313 g/mol. The highest BCUT2D eigenvalue weighted by molar-refractivity contribution is 7.88. The molecule has 2 heterocycles. The summed E-state index contributed by atoms with van der Waals surface area (Å²) in [5, 5.41) is 3.38. The van der Waals surface area contributed by atoms with E-state index in [1.54, 1.807) is 17.6 Å². The summed E-state index contributed by atoms with van der Waals surface area (Å²) in [6.45, 7) is 2.72. The van der Waals surface area contributed by atoms with E-state index < -0.39 is 10.0 Å². The van der Waals surface area contributed by atoms with Gasteiger partial charge in [-0.25, -0.2) is 17.7 Å². The topological polar surface area (TPSA) is 71.5 Å². The highest BCUT2D eigenvalue weighted by Gasteiger charge is 2.25. The van der Waals surface area contributed by atoms with Crippen LogP contribution in [0.1, 0.15) is 18.4 Å². The predicted molar refractivity (Wildman–Crippen MR) is 81.6 cm³/mol. The maximum Gasteiger partial charge on any atom is 0.217 e. The Bertz CT molecular complexity index is 562. The first-order valence-corrected chi connectivity index (χ1v) is 8.99. The quantitative estimate of drug-likeness (QED) is 0.843. The first-order valence-electron chi connectivity index (χ1n) is 7.14. The van der Waals surface area contributed by atoms with E-state index in [0.717, 1.165) is 24.9 Å². The standard InChI is InChI=1S/C14H23N3O3S/c1-20-14-13(6-3-7-16-14)10-15-9-12-5-4-8-17(11-12)21(2,18)19/h3,6-7,12,15H,4-5,8-11H2,1-2H3. The zero-order chi connectivity index (χ0) is 15.3. The Morgan fingerprint density at radius 3 is 3.05 bits per heavy atom. The molecule has 2 rings (SSSR count). The van der Waals surface area contributed by atoms with Gasteiger partial charge in [0.05, 0.1) is 13.4 Å². The van der Waals surface area contributed by atoms with Crippen molar-refractivity contribution in [2.24, 2.45) is 5.92 Å². The molecule has 0 saturated carbocycles. The van der Waals surface area contributed by atoms with Gasteiger partial charge in [0.2, 0.25) is 15.9 Å². The number of nitrogens with zero attached hydrogens (tertiary/aromatic N) is 2. The first-order chi connectivity index (χ1) is 10.0. The minimum absolute atomic E-state index is 0.358. The number of sulfonamides is 1. The van der Waals surface area contributed by atoms with Crippen LogP contribution < -0.4 is 10.1 Å². The van der Waals surface area contributed by atoms with Gasteiger partial charge >= 0.3 is 0 Å². The van der Waals surface area contributed by atoms with Crippen molar-refractivity contribution in [1.82, 2.24) is 14.6 Å². The summed E-state index contributed by atoms with van der Waals surface area (Å²) in [5.74, 6) is 0.988. The lowest BCUT2D eigenvalue weighted by atomic mass is 10.00. The van der Waals surface area contributed by atoms with Gasteiger partial charge in [-0.1, -0.05) is 6.07 Å². The zero-order valence-electron chi connectivity index (χ0n) is 12.6. The highest BCUT2D eigenvalue weighted by Crippen LogP contribution is 2.18. The van der Waals surface area contributed by atoms with Crippen molar-refractivity contribution >= 4 is 10.0 Å². The third kappa shape index (κ3) is 4.66. The van der Waals surface area contributed by atoms with Crippen LogP contribution >= 0.6 is 0 Å². The molecule has 6 nitrogen and oxygen atoms in total. The van der Waals surface area contributed by atoms with E-state index >= 15 is 0 Å². The van der Waals surface area contributed by atoms with Crippen LogP contribution in [0.4, 0.5) is 0 Å². The summed E-state index contributed by atoms with van der Waals surface area (Å²) in [6.07, 6.45) is 4.97. The van der Waals surface area contributed by atoms with Crippen LogP contribution in [-0.4, -0.2) is 50.7 Å². The van der Waals surface area contributed by atoms with Gasteiger partial charge in [-0.15, -0.1) is 0 Å². The zero-order valence-corrected chi connectivity index (χ0v) is 13.4. The number of pyridine rings is 1. The molecule has 1 fully saturated rings. The molecule has 0 spiro atoms. The van der Waals surface area contributed by atoms with E-state index in [2.05, 4.69) is 10.3 Å². The molecule has 0 aliphatic carbocycles. The highest BCUT2D eigenvalue weighted by atomic mass is 32.2. The lowest BCUT2D eigenvalue weighted by Gasteiger charge is -2.31. The van der Waals surface area contributed by atoms with Crippen molar-refractivity contribution in [3.05, 3.63) is 23.9 Å². The molecular weight excluding hydrogens is 290 g/mol. The summed E-state index contributed by atoms with van der Waals surface area (Å²) in [6, 6.07) is 3.86. The third-order valence-electron chi connectivity index (χ3n) is 3.74. The molecule has 1 unspecified atom stereocenters. The summed E-state index contributed by atoms with van der Waals surface area (Å²) in [5.41, 5.74) is 1.01. The molecule has 7 heteroatoms. The van der Waals surface area contributed by atoms with Gasteiger partial charge in [0, 0.05) is 31.4 Å². The van der Waals surface area contributed by atoms with Crippen molar-refractivity contribution in [2.75, 3.05) is 33.0 Å². The van der Waals surface area contributed by atoms with E-state index in [4.69, 9.17) is 4.74 Å². The summed E-state index contributed by atoms with van der Waals surface area (Å²) in [7, 11) is -1.46. The van der Waals surface area contributed by atoms with Crippen molar-refractivity contribution in [3.63, 3.8) is 0 Å². The lowest BCUT2D eigenvalue weighted by Crippen LogP contribution is -2.42. The lowest BCUT2D eigenvalue weighted by molar-refractivity contribution is 0.260. The van der Waals surface area contributed by atoms with Crippen molar-refractivity contribution in [3.8, 4) is 5.88 Å². The molecule has 21 heavy (non-hydrogen) atoms. The number of ether oxygens (including phenoxy) is 1. The van der Waals surface area contributed by atoms with Crippen LogP contribution in [0.15, 0.2) is 18.3 Å². The summed E-state index contributed by atoms with van der Waals surface area (Å²) in [4.78, 5) is 4.16. The van der Waals surface area contributed by atoms with Crippen LogP contribution in [0, 0.1) is 5.92 Å². The molecule has 1 saturated heterocycles. The van der Waals surface area contributed by atoms with Crippen molar-refractivity contribution in [1.29, 1.82) is 0 Å². The molecule has 1 aromatic heterocycles. The number of hydrogen-bond donors (Lipinski definition) is 1. The second-order valence-corrected chi connectivity index (χ2v) is 7.41. The van der Waals surface area contributed by atoms with Crippen LogP contribution in [0.3, 0.4) is 0 Å². The third-order valence-corrected chi connectivity index (χ3v) is 5.01. The SMILES string of the molecule is COc1ncccc1CNCC1CCCN(S(C)(=O)=O)C1. The summed E-state index contributed by atoms with van der Waals surface area (Å²) >= 11 is 0. The molecule has 118 valence electrons. The van der Waals surface area contributed by atoms with E-state index in [9.17, 15) is 8.42 Å². The Morgan fingerprint density at radius 2 is 2.33 bits per heavy atom. The molecule has 0 aromatic carbocycles. The van der Waals surface area contributed by atoms with Gasteiger partial charge in [-0.2, -0.15) is 0 Å². The summed E-state index contributed by atoms with van der Waals surface area (Å²) < 4.78 is 30.0. The Balaban J connectivity index is 1.83. The Kier molecular flexibility index (Phi) is 5.55. The minimum Gasteiger partial charge on any atom is -0.481 e. The average molecular weight is 313 g/mol. The van der Waals surface area contributed by atoms with Gasteiger partial charge < -0.3 is 10.1 Å². The fourth-order valence-corrected chi connectivity index (χ4v) is 3.59. The van der Waals surface area contributed by atoms with Gasteiger partial charge in [0.25, 0.3) is 0 Å². The van der Waals surface area contributed by atoms with Crippen LogP contribution in [-0.2, 0) is 16.6 Å². The van der Waals surface area contributed by atoms with Gasteiger partial charge in [0.15, 0.2) is 0 Å². The van der Waals surface area contributed by atoms with E-state index in [0.29, 0.717) is 31.4 Å². The molecule has 1 aromatic rings. The van der Waals surface area contributed by atoms with Gasteiger partial charge in [-0.05, 0) is 31.4 Å².